The number of phenols is 1. The van der Waals surface area contributed by atoms with Gasteiger partial charge in [0.05, 0.1) is 6.04 Å². The molecule has 39 heavy (non-hydrogen) atoms. The van der Waals surface area contributed by atoms with Crippen LogP contribution >= 0.6 is 0 Å². The lowest BCUT2D eigenvalue weighted by molar-refractivity contribution is -0.145. The number of carbonyl (C=O) groups is 4. The Bertz CT molecular complexity index is 1030. The van der Waals surface area contributed by atoms with E-state index < -0.39 is 47.9 Å². The molecular weight excluding hydrogens is 506 g/mol. The number of amides is 3. The van der Waals surface area contributed by atoms with Crippen molar-refractivity contribution in [3.05, 3.63) is 29.8 Å². The standard InChI is InChI=1S/C26H41N7O6/c1-3-15(2)21(32-22(35)18(27)14-16-8-10-17(34)11-9-16)24(37)33-13-5-7-20(33)23(36)31-19(25(38)39)6-4-12-30-26(28)29/h8-11,15,18-21,34H,3-7,12-14,27H2,1-2H3,(H,31,36)(H,32,35)(H,38,39)(H4,28,29,30). The van der Waals surface area contributed by atoms with Crippen molar-refractivity contribution in [1.82, 2.24) is 15.5 Å². The maximum Gasteiger partial charge on any atom is 0.326 e. The van der Waals surface area contributed by atoms with Crippen LogP contribution in [0.2, 0.25) is 0 Å². The number of aromatic hydroxyl groups is 1. The van der Waals surface area contributed by atoms with Crippen LogP contribution in [-0.2, 0) is 25.6 Å². The zero-order valence-corrected chi connectivity index (χ0v) is 22.5. The van der Waals surface area contributed by atoms with Crippen LogP contribution in [0.1, 0.15) is 51.5 Å². The summed E-state index contributed by atoms with van der Waals surface area (Å²) in [5.41, 5.74) is 17.4. The summed E-state index contributed by atoms with van der Waals surface area (Å²) < 4.78 is 0. The molecule has 5 unspecified atom stereocenters. The van der Waals surface area contributed by atoms with Crippen LogP contribution in [-0.4, -0.2) is 82.0 Å². The van der Waals surface area contributed by atoms with Gasteiger partial charge in [-0.2, -0.15) is 0 Å². The topological polar surface area (TPSA) is 226 Å². The number of rotatable bonds is 14. The highest BCUT2D eigenvalue weighted by atomic mass is 16.4. The van der Waals surface area contributed by atoms with Crippen LogP contribution in [0, 0.1) is 5.92 Å². The fourth-order valence-corrected chi connectivity index (χ4v) is 4.43. The molecule has 0 bridgehead atoms. The van der Waals surface area contributed by atoms with E-state index in [0.717, 1.165) is 5.56 Å². The van der Waals surface area contributed by atoms with Crippen LogP contribution in [0.3, 0.4) is 0 Å². The van der Waals surface area contributed by atoms with Gasteiger partial charge in [0.2, 0.25) is 17.7 Å². The number of nitrogens with zero attached hydrogens (tertiary/aromatic N) is 2. The van der Waals surface area contributed by atoms with E-state index in [1.807, 2.05) is 13.8 Å². The molecule has 0 radical (unpaired) electrons. The summed E-state index contributed by atoms with van der Waals surface area (Å²) >= 11 is 0. The molecule has 0 aromatic heterocycles. The first-order chi connectivity index (χ1) is 18.4. The molecule has 0 spiro atoms. The summed E-state index contributed by atoms with van der Waals surface area (Å²) in [5.74, 6) is -2.92. The van der Waals surface area contributed by atoms with Gasteiger partial charge in [0, 0.05) is 13.1 Å². The SMILES string of the molecule is CCC(C)C(NC(=O)C(N)Cc1ccc(O)cc1)C(=O)N1CCCC1C(=O)NC(CCCN=C(N)N)C(=O)O. The number of likely N-dealkylation sites (tertiary alicyclic amines) is 1. The normalized spacial score (nSPS) is 17.9. The number of nitrogens with one attached hydrogen (secondary N) is 2. The number of carboxylic acids is 1. The molecule has 13 heteroatoms. The van der Waals surface area contributed by atoms with Crippen molar-refractivity contribution >= 4 is 29.7 Å². The average molecular weight is 548 g/mol. The number of aliphatic imine (C=N–C) groups is 1. The minimum atomic E-state index is -1.20. The van der Waals surface area contributed by atoms with Gasteiger partial charge >= 0.3 is 5.97 Å². The van der Waals surface area contributed by atoms with Crippen molar-refractivity contribution in [3.8, 4) is 5.75 Å². The molecule has 1 aliphatic rings. The minimum absolute atomic E-state index is 0.101. The van der Waals surface area contributed by atoms with Crippen molar-refractivity contribution in [2.24, 2.45) is 28.1 Å². The molecule has 3 amide bonds. The highest BCUT2D eigenvalue weighted by molar-refractivity contribution is 5.94. The van der Waals surface area contributed by atoms with E-state index in [9.17, 15) is 29.4 Å². The predicted octanol–water partition coefficient (Wildman–Crippen LogP) is -0.593. The predicted molar refractivity (Wildman–Crippen MR) is 145 cm³/mol. The molecule has 0 saturated carbocycles. The van der Waals surface area contributed by atoms with Gasteiger partial charge in [-0.25, -0.2) is 4.79 Å². The highest BCUT2D eigenvalue weighted by Crippen LogP contribution is 2.22. The molecule has 1 fully saturated rings. The Labute approximate surface area is 228 Å². The van der Waals surface area contributed by atoms with Crippen LogP contribution in [0.5, 0.6) is 5.75 Å². The van der Waals surface area contributed by atoms with Crippen molar-refractivity contribution in [1.29, 1.82) is 0 Å². The largest absolute Gasteiger partial charge is 0.508 e. The molecule has 1 saturated heterocycles. The quantitative estimate of drug-likeness (QED) is 0.0895. The Hall–Kier alpha value is -3.87. The summed E-state index contributed by atoms with van der Waals surface area (Å²) in [6.07, 6.45) is 2.19. The Morgan fingerprint density at radius 3 is 2.41 bits per heavy atom. The van der Waals surface area contributed by atoms with Gasteiger partial charge in [0.15, 0.2) is 5.96 Å². The first-order valence-corrected chi connectivity index (χ1v) is 13.2. The van der Waals surface area contributed by atoms with E-state index >= 15 is 0 Å². The first kappa shape index (κ1) is 31.3. The summed E-state index contributed by atoms with van der Waals surface area (Å²) in [7, 11) is 0. The fraction of sp³-hybridized carbons (Fsp3) is 0.577. The number of hydrogen-bond acceptors (Lipinski definition) is 7. The molecule has 0 aliphatic carbocycles. The second kappa shape index (κ2) is 14.9. The lowest BCUT2D eigenvalue weighted by atomic mass is 9.96. The molecule has 1 aromatic carbocycles. The molecule has 2 rings (SSSR count). The number of carboxylic acid groups (broad SMARTS) is 1. The number of guanidine groups is 1. The van der Waals surface area contributed by atoms with Gasteiger partial charge < -0.3 is 42.9 Å². The zero-order chi connectivity index (χ0) is 29.1. The smallest absolute Gasteiger partial charge is 0.326 e. The third-order valence-electron chi connectivity index (χ3n) is 6.90. The molecule has 1 heterocycles. The lowest BCUT2D eigenvalue weighted by Gasteiger charge is -2.32. The number of benzene rings is 1. The van der Waals surface area contributed by atoms with Crippen molar-refractivity contribution in [2.45, 2.75) is 76.5 Å². The van der Waals surface area contributed by atoms with Crippen LogP contribution in [0.15, 0.2) is 29.3 Å². The first-order valence-electron chi connectivity index (χ1n) is 13.2. The summed E-state index contributed by atoms with van der Waals surface area (Å²) in [4.78, 5) is 56.6. The van der Waals surface area contributed by atoms with Gasteiger partial charge in [0.1, 0.15) is 23.9 Å². The van der Waals surface area contributed by atoms with E-state index in [0.29, 0.717) is 32.2 Å². The number of nitrogens with two attached hydrogens (primary N) is 3. The number of carbonyl (C=O) groups excluding carboxylic acids is 3. The van der Waals surface area contributed by atoms with Crippen molar-refractivity contribution < 1.29 is 29.4 Å². The second-order valence-corrected chi connectivity index (χ2v) is 9.89. The Balaban J connectivity index is 2.08. The van der Waals surface area contributed by atoms with E-state index in [-0.39, 0.29) is 37.0 Å². The number of phenolic OH excluding ortho intramolecular Hbond substituents is 1. The summed E-state index contributed by atoms with van der Waals surface area (Å²) in [6.45, 7) is 4.25. The molecular formula is C26H41N7O6. The summed E-state index contributed by atoms with van der Waals surface area (Å²) in [5, 5.41) is 24.3. The number of hydrogen-bond donors (Lipinski definition) is 7. The van der Waals surface area contributed by atoms with Gasteiger partial charge in [-0.3, -0.25) is 19.4 Å². The van der Waals surface area contributed by atoms with Crippen LogP contribution < -0.4 is 27.8 Å². The Morgan fingerprint density at radius 1 is 1.15 bits per heavy atom. The third kappa shape index (κ3) is 9.43. The zero-order valence-electron chi connectivity index (χ0n) is 22.5. The Morgan fingerprint density at radius 2 is 1.82 bits per heavy atom. The molecule has 13 nitrogen and oxygen atoms in total. The van der Waals surface area contributed by atoms with E-state index in [1.54, 1.807) is 12.1 Å². The highest BCUT2D eigenvalue weighted by Gasteiger charge is 2.40. The summed E-state index contributed by atoms with van der Waals surface area (Å²) in [6, 6.07) is 2.49. The van der Waals surface area contributed by atoms with E-state index in [4.69, 9.17) is 17.2 Å². The third-order valence-corrected chi connectivity index (χ3v) is 6.90. The molecule has 1 aromatic rings. The molecule has 1 aliphatic heterocycles. The van der Waals surface area contributed by atoms with Crippen molar-refractivity contribution in [3.63, 3.8) is 0 Å². The van der Waals surface area contributed by atoms with Crippen LogP contribution in [0.25, 0.3) is 0 Å². The van der Waals surface area contributed by atoms with E-state index in [2.05, 4.69) is 15.6 Å². The molecule has 5 atom stereocenters. The Kier molecular flexibility index (Phi) is 12.0. The maximum absolute atomic E-state index is 13.6. The second-order valence-electron chi connectivity index (χ2n) is 9.89. The molecule has 216 valence electrons. The molecule has 10 N–H and O–H groups in total. The van der Waals surface area contributed by atoms with Gasteiger partial charge in [0.25, 0.3) is 0 Å². The maximum atomic E-state index is 13.6. The van der Waals surface area contributed by atoms with Crippen LogP contribution in [0.4, 0.5) is 0 Å². The number of aliphatic carboxylic acids is 1. The van der Waals surface area contributed by atoms with Gasteiger partial charge in [-0.1, -0.05) is 32.4 Å². The average Bonchev–Trinajstić information content (AvgIpc) is 3.39. The minimum Gasteiger partial charge on any atom is -0.508 e. The fourth-order valence-electron chi connectivity index (χ4n) is 4.43. The van der Waals surface area contributed by atoms with Gasteiger partial charge in [-0.05, 0) is 55.7 Å². The lowest BCUT2D eigenvalue weighted by Crippen LogP contribution is -2.58. The van der Waals surface area contributed by atoms with Crippen molar-refractivity contribution in [2.75, 3.05) is 13.1 Å². The monoisotopic (exact) mass is 547 g/mol. The van der Waals surface area contributed by atoms with E-state index in [1.165, 1.54) is 17.0 Å². The van der Waals surface area contributed by atoms with Gasteiger partial charge in [-0.15, -0.1) is 0 Å².